The van der Waals surface area contributed by atoms with E-state index in [0.29, 0.717) is 0 Å². The Labute approximate surface area is 121 Å². The van der Waals surface area contributed by atoms with Gasteiger partial charge in [-0.2, -0.15) is 0 Å². The molecule has 0 aromatic heterocycles. The SMILES string of the molecule is C=C.C=C.Cc1c(C)c(C)c(C)c(C)c1C.[Ru]. The minimum atomic E-state index is 0. The van der Waals surface area contributed by atoms with E-state index in [9.17, 15) is 0 Å². The van der Waals surface area contributed by atoms with Gasteiger partial charge in [-0.15, -0.1) is 26.3 Å². The van der Waals surface area contributed by atoms with Gasteiger partial charge >= 0.3 is 0 Å². The molecule has 0 saturated heterocycles. The van der Waals surface area contributed by atoms with Crippen molar-refractivity contribution in [3.63, 3.8) is 0 Å². The third kappa shape index (κ3) is 5.00. The molecule has 0 nitrogen and oxygen atoms in total. The molecule has 0 aliphatic carbocycles. The van der Waals surface area contributed by atoms with Crippen molar-refractivity contribution in [2.75, 3.05) is 0 Å². The van der Waals surface area contributed by atoms with E-state index in [0.717, 1.165) is 0 Å². The van der Waals surface area contributed by atoms with Crippen molar-refractivity contribution >= 4 is 0 Å². The van der Waals surface area contributed by atoms with Crippen molar-refractivity contribution in [2.45, 2.75) is 41.5 Å². The zero-order valence-electron chi connectivity index (χ0n) is 12.2. The van der Waals surface area contributed by atoms with Crippen LogP contribution in [-0.4, -0.2) is 0 Å². The molecule has 0 bridgehead atoms. The summed E-state index contributed by atoms with van der Waals surface area (Å²) in [5.74, 6) is 0. The fraction of sp³-hybridized carbons (Fsp3) is 0.375. The summed E-state index contributed by atoms with van der Waals surface area (Å²) < 4.78 is 0. The number of hydrogen-bond acceptors (Lipinski definition) is 0. The molecule has 0 atom stereocenters. The second-order valence-corrected chi connectivity index (χ2v) is 3.75. The van der Waals surface area contributed by atoms with Gasteiger partial charge in [-0.1, -0.05) is 0 Å². The molecule has 0 saturated carbocycles. The van der Waals surface area contributed by atoms with Crippen molar-refractivity contribution in [3.05, 3.63) is 59.7 Å². The third-order valence-corrected chi connectivity index (χ3v) is 3.38. The van der Waals surface area contributed by atoms with Crippen LogP contribution in [0.1, 0.15) is 33.4 Å². The van der Waals surface area contributed by atoms with Gasteiger partial charge in [0, 0.05) is 19.5 Å². The van der Waals surface area contributed by atoms with Crippen LogP contribution in [0.5, 0.6) is 0 Å². The molecular formula is C16H26Ru. The molecule has 1 aromatic carbocycles. The number of rotatable bonds is 0. The minimum Gasteiger partial charge on any atom is -0.106 e. The van der Waals surface area contributed by atoms with Crippen LogP contribution in [0.15, 0.2) is 26.3 Å². The molecule has 0 radical (unpaired) electrons. The fourth-order valence-electron chi connectivity index (χ4n) is 1.69. The summed E-state index contributed by atoms with van der Waals surface area (Å²) in [5.41, 5.74) is 8.73. The maximum Gasteiger partial charge on any atom is 0 e. The normalized spacial score (nSPS) is 7.88. The Hall–Kier alpha value is -0.677. The molecule has 0 unspecified atom stereocenters. The molecular weight excluding hydrogens is 293 g/mol. The molecule has 17 heavy (non-hydrogen) atoms. The van der Waals surface area contributed by atoms with E-state index in [1.165, 1.54) is 33.4 Å². The largest absolute Gasteiger partial charge is 0.106 e. The Morgan fingerprint density at radius 2 is 0.471 bits per heavy atom. The molecule has 0 fully saturated rings. The second kappa shape index (κ2) is 10.5. The molecule has 1 aromatic rings. The van der Waals surface area contributed by atoms with Crippen molar-refractivity contribution in [2.24, 2.45) is 0 Å². The second-order valence-electron chi connectivity index (χ2n) is 3.75. The smallest absolute Gasteiger partial charge is 0 e. The summed E-state index contributed by atoms with van der Waals surface area (Å²) in [7, 11) is 0. The number of hydrogen-bond donors (Lipinski definition) is 0. The average molecular weight is 319 g/mol. The Kier molecular flexibility index (Phi) is 13.3. The first-order chi connectivity index (χ1) is 7.46. The maximum absolute atomic E-state index is 3.00. The Morgan fingerprint density at radius 3 is 0.529 bits per heavy atom. The predicted molar refractivity (Wildman–Crippen MR) is 77.4 cm³/mol. The van der Waals surface area contributed by atoms with Crippen molar-refractivity contribution in [3.8, 4) is 0 Å². The van der Waals surface area contributed by atoms with Gasteiger partial charge in [-0.3, -0.25) is 0 Å². The van der Waals surface area contributed by atoms with Gasteiger partial charge in [-0.05, 0) is 74.9 Å². The molecule has 0 heterocycles. The van der Waals surface area contributed by atoms with Crippen molar-refractivity contribution < 1.29 is 19.5 Å². The molecule has 1 heteroatoms. The standard InChI is InChI=1S/C12H18.2C2H4.Ru/c1-7-8(2)10(4)12(6)11(5)9(7)3;2*1-2;/h1-6H3;2*1-2H2;. The van der Waals surface area contributed by atoms with E-state index < -0.39 is 0 Å². The Morgan fingerprint density at radius 1 is 0.412 bits per heavy atom. The van der Waals surface area contributed by atoms with Gasteiger partial charge < -0.3 is 0 Å². The summed E-state index contributed by atoms with van der Waals surface area (Å²) >= 11 is 0. The number of benzene rings is 1. The Balaban J connectivity index is -0.000000355. The zero-order chi connectivity index (χ0) is 13.5. The average Bonchev–Trinajstić information content (AvgIpc) is 2.36. The molecule has 0 aliphatic rings. The van der Waals surface area contributed by atoms with Crippen LogP contribution in [0.25, 0.3) is 0 Å². The first-order valence-corrected chi connectivity index (χ1v) is 5.50. The molecule has 0 aliphatic heterocycles. The maximum atomic E-state index is 3.00. The van der Waals surface area contributed by atoms with Crippen LogP contribution in [-0.2, 0) is 19.5 Å². The third-order valence-electron chi connectivity index (χ3n) is 3.38. The quantitative estimate of drug-likeness (QED) is 0.459. The fourth-order valence-corrected chi connectivity index (χ4v) is 1.69. The topological polar surface area (TPSA) is 0 Å². The van der Waals surface area contributed by atoms with Gasteiger partial charge in [0.05, 0.1) is 0 Å². The molecule has 98 valence electrons. The Bertz CT molecular complexity index is 244. The molecule has 0 amide bonds. The van der Waals surface area contributed by atoms with Gasteiger partial charge in [0.25, 0.3) is 0 Å². The molecule has 1 rings (SSSR count). The van der Waals surface area contributed by atoms with Crippen LogP contribution in [0.4, 0.5) is 0 Å². The zero-order valence-corrected chi connectivity index (χ0v) is 13.9. The van der Waals surface area contributed by atoms with Crippen LogP contribution < -0.4 is 0 Å². The summed E-state index contributed by atoms with van der Waals surface area (Å²) in [6.07, 6.45) is 0. The minimum absolute atomic E-state index is 0. The van der Waals surface area contributed by atoms with E-state index in [-0.39, 0.29) is 19.5 Å². The van der Waals surface area contributed by atoms with E-state index >= 15 is 0 Å². The molecule has 0 spiro atoms. The first kappa shape index (κ1) is 21.6. The van der Waals surface area contributed by atoms with E-state index in [1.807, 2.05) is 0 Å². The van der Waals surface area contributed by atoms with E-state index in [2.05, 4.69) is 67.9 Å². The summed E-state index contributed by atoms with van der Waals surface area (Å²) in [6.45, 7) is 25.3. The van der Waals surface area contributed by atoms with Crippen molar-refractivity contribution in [1.29, 1.82) is 0 Å². The van der Waals surface area contributed by atoms with Crippen LogP contribution in [0.2, 0.25) is 0 Å². The van der Waals surface area contributed by atoms with Gasteiger partial charge in [-0.25, -0.2) is 0 Å². The summed E-state index contributed by atoms with van der Waals surface area (Å²) in [5, 5.41) is 0. The van der Waals surface area contributed by atoms with Crippen LogP contribution in [0, 0.1) is 41.5 Å². The van der Waals surface area contributed by atoms with Gasteiger partial charge in [0.2, 0.25) is 0 Å². The summed E-state index contributed by atoms with van der Waals surface area (Å²) in [6, 6.07) is 0. The first-order valence-electron chi connectivity index (χ1n) is 5.50. The van der Waals surface area contributed by atoms with Gasteiger partial charge in [0.15, 0.2) is 0 Å². The van der Waals surface area contributed by atoms with Crippen molar-refractivity contribution in [1.82, 2.24) is 0 Å². The molecule has 0 N–H and O–H groups in total. The van der Waals surface area contributed by atoms with E-state index in [4.69, 9.17) is 0 Å². The van der Waals surface area contributed by atoms with Crippen LogP contribution in [0.3, 0.4) is 0 Å². The van der Waals surface area contributed by atoms with Crippen LogP contribution >= 0.6 is 0 Å². The predicted octanol–water partition coefficient (Wildman–Crippen LogP) is 5.14. The monoisotopic (exact) mass is 320 g/mol. The van der Waals surface area contributed by atoms with Gasteiger partial charge in [0.1, 0.15) is 0 Å². The van der Waals surface area contributed by atoms with E-state index in [1.54, 1.807) is 0 Å². The summed E-state index contributed by atoms with van der Waals surface area (Å²) in [4.78, 5) is 0.